The molecule has 0 spiro atoms. The van der Waals surface area contributed by atoms with Crippen molar-refractivity contribution in [2.24, 2.45) is 40.4 Å². The molecular formula is C28H46O4. The van der Waals surface area contributed by atoms with E-state index < -0.39 is 17.6 Å². The maximum atomic E-state index is 13.8. The second-order valence-electron chi connectivity index (χ2n) is 11.9. The predicted octanol–water partition coefficient (Wildman–Crippen LogP) is 5.07. The Morgan fingerprint density at radius 3 is 2.50 bits per heavy atom. The van der Waals surface area contributed by atoms with Gasteiger partial charge in [0.05, 0.1) is 12.2 Å². The molecule has 0 aromatic carbocycles. The van der Waals surface area contributed by atoms with Crippen molar-refractivity contribution >= 4 is 5.78 Å². The van der Waals surface area contributed by atoms with E-state index in [1.165, 1.54) is 5.57 Å². The molecule has 3 rings (SSSR count). The molecule has 0 heterocycles. The lowest BCUT2D eigenvalue weighted by atomic mass is 9.55. The van der Waals surface area contributed by atoms with Crippen LogP contribution in [-0.2, 0) is 4.79 Å². The lowest BCUT2D eigenvalue weighted by Crippen LogP contribution is -2.52. The van der Waals surface area contributed by atoms with E-state index in [-0.39, 0.29) is 29.6 Å². The maximum Gasteiger partial charge on any atom is 0.165 e. The standard InChI is InChI=1S/C28H46O4/c1-17(2)18(3)7-8-19(4)22-9-10-23(27(22,5)13-14-29)21-16-25(31)24-15-20(30)11-12-28(24,6)26(21)32/h16-17,19-20,22-25,29-31H,3,7-15H2,1-2,4-6H3. The predicted molar refractivity (Wildman–Crippen MR) is 129 cm³/mol. The minimum atomic E-state index is -0.688. The summed E-state index contributed by atoms with van der Waals surface area (Å²) >= 11 is 0. The summed E-state index contributed by atoms with van der Waals surface area (Å²) in [5.41, 5.74) is 1.33. The summed E-state index contributed by atoms with van der Waals surface area (Å²) in [6.07, 6.45) is 7.22. The van der Waals surface area contributed by atoms with E-state index in [1.54, 1.807) is 0 Å². The number of aliphatic hydroxyl groups excluding tert-OH is 3. The molecule has 0 aromatic rings. The Morgan fingerprint density at radius 2 is 1.88 bits per heavy atom. The largest absolute Gasteiger partial charge is 0.396 e. The van der Waals surface area contributed by atoms with Gasteiger partial charge in [-0.1, -0.05) is 46.8 Å². The summed E-state index contributed by atoms with van der Waals surface area (Å²) in [6.45, 7) is 15.3. The van der Waals surface area contributed by atoms with Crippen LogP contribution in [0, 0.1) is 40.4 Å². The van der Waals surface area contributed by atoms with Gasteiger partial charge in [0.15, 0.2) is 5.78 Å². The molecule has 0 aromatic heterocycles. The molecule has 2 fully saturated rings. The molecule has 32 heavy (non-hydrogen) atoms. The normalized spacial score (nSPS) is 40.8. The monoisotopic (exact) mass is 446 g/mol. The van der Waals surface area contributed by atoms with Gasteiger partial charge in [0.25, 0.3) is 0 Å². The SMILES string of the molecule is C=C(CCC(C)C1CCC(C2=CC(O)C3CC(O)CCC3(C)C2=O)C1(C)CCO)C(C)C. The highest BCUT2D eigenvalue weighted by atomic mass is 16.3. The van der Waals surface area contributed by atoms with Gasteiger partial charge in [-0.05, 0) is 92.1 Å². The van der Waals surface area contributed by atoms with E-state index >= 15 is 0 Å². The molecule has 2 saturated carbocycles. The molecule has 3 aliphatic carbocycles. The zero-order valence-electron chi connectivity index (χ0n) is 20.9. The summed E-state index contributed by atoms with van der Waals surface area (Å²) in [4.78, 5) is 13.8. The molecule has 182 valence electrons. The number of aliphatic hydroxyl groups is 3. The van der Waals surface area contributed by atoms with Gasteiger partial charge in [0.2, 0.25) is 0 Å². The van der Waals surface area contributed by atoms with E-state index in [4.69, 9.17) is 0 Å². The average Bonchev–Trinajstić information content (AvgIpc) is 3.07. The second kappa shape index (κ2) is 9.72. The molecule has 3 N–H and O–H groups in total. The molecule has 3 aliphatic rings. The van der Waals surface area contributed by atoms with Crippen LogP contribution >= 0.6 is 0 Å². The Hall–Kier alpha value is -0.970. The Bertz CT molecular complexity index is 740. The molecule has 0 aliphatic heterocycles. The molecule has 0 amide bonds. The summed E-state index contributed by atoms with van der Waals surface area (Å²) in [6, 6.07) is 0. The van der Waals surface area contributed by atoms with Crippen molar-refractivity contribution in [2.75, 3.05) is 6.61 Å². The molecule has 8 atom stereocenters. The van der Waals surface area contributed by atoms with Gasteiger partial charge in [-0.25, -0.2) is 0 Å². The first-order valence-corrected chi connectivity index (χ1v) is 12.9. The minimum Gasteiger partial charge on any atom is -0.396 e. The number of hydrogen-bond donors (Lipinski definition) is 3. The first kappa shape index (κ1) is 25.6. The third-order valence-corrected chi connectivity index (χ3v) is 9.74. The summed E-state index contributed by atoms with van der Waals surface area (Å²) in [5, 5.41) is 31.1. The van der Waals surface area contributed by atoms with E-state index in [0.29, 0.717) is 43.4 Å². The van der Waals surface area contributed by atoms with Crippen LogP contribution in [0.5, 0.6) is 0 Å². The Labute approximate surface area is 195 Å². The van der Waals surface area contributed by atoms with Gasteiger partial charge >= 0.3 is 0 Å². The van der Waals surface area contributed by atoms with Gasteiger partial charge in [-0.15, -0.1) is 0 Å². The van der Waals surface area contributed by atoms with Crippen molar-refractivity contribution in [1.82, 2.24) is 0 Å². The van der Waals surface area contributed by atoms with Crippen LogP contribution in [0.4, 0.5) is 0 Å². The van der Waals surface area contributed by atoms with Crippen LogP contribution in [0.25, 0.3) is 0 Å². The third kappa shape index (κ3) is 4.52. The van der Waals surface area contributed by atoms with E-state index in [9.17, 15) is 20.1 Å². The van der Waals surface area contributed by atoms with Crippen LogP contribution in [0.2, 0.25) is 0 Å². The molecule has 8 unspecified atom stereocenters. The zero-order valence-corrected chi connectivity index (χ0v) is 20.9. The fourth-order valence-electron chi connectivity index (χ4n) is 7.31. The number of rotatable bonds is 8. The van der Waals surface area contributed by atoms with Crippen molar-refractivity contribution in [3.63, 3.8) is 0 Å². The third-order valence-electron chi connectivity index (χ3n) is 9.74. The van der Waals surface area contributed by atoms with Gasteiger partial charge < -0.3 is 15.3 Å². The van der Waals surface area contributed by atoms with Crippen molar-refractivity contribution in [3.05, 3.63) is 23.8 Å². The van der Waals surface area contributed by atoms with Crippen molar-refractivity contribution < 1.29 is 20.1 Å². The van der Waals surface area contributed by atoms with Gasteiger partial charge in [0, 0.05) is 17.9 Å². The molecule has 4 heteroatoms. The van der Waals surface area contributed by atoms with Crippen LogP contribution in [0.3, 0.4) is 0 Å². The fraction of sp³-hybridized carbons (Fsp3) is 0.821. The average molecular weight is 447 g/mol. The van der Waals surface area contributed by atoms with E-state index in [1.807, 2.05) is 13.0 Å². The van der Waals surface area contributed by atoms with Gasteiger partial charge in [-0.3, -0.25) is 4.79 Å². The first-order chi connectivity index (χ1) is 15.0. The number of Topliss-reactive ketones (excluding diaryl/α,β-unsaturated/α-hetero) is 1. The van der Waals surface area contributed by atoms with Crippen LogP contribution < -0.4 is 0 Å². The number of carbonyl (C=O) groups is 1. The van der Waals surface area contributed by atoms with Crippen molar-refractivity contribution in [2.45, 2.75) is 98.2 Å². The summed E-state index contributed by atoms with van der Waals surface area (Å²) in [7, 11) is 0. The van der Waals surface area contributed by atoms with Gasteiger partial charge in [0.1, 0.15) is 0 Å². The van der Waals surface area contributed by atoms with Crippen LogP contribution in [-0.4, -0.2) is 39.9 Å². The summed E-state index contributed by atoms with van der Waals surface area (Å²) < 4.78 is 0. The van der Waals surface area contributed by atoms with Crippen LogP contribution in [0.15, 0.2) is 23.8 Å². The highest BCUT2D eigenvalue weighted by molar-refractivity contribution is 6.01. The number of fused-ring (bicyclic) bond motifs is 1. The lowest BCUT2D eigenvalue weighted by Gasteiger charge is -2.49. The topological polar surface area (TPSA) is 77.8 Å². The first-order valence-electron chi connectivity index (χ1n) is 12.9. The highest BCUT2D eigenvalue weighted by Crippen LogP contribution is 2.59. The molecule has 0 radical (unpaired) electrons. The minimum absolute atomic E-state index is 0.0715. The van der Waals surface area contributed by atoms with E-state index in [2.05, 4.69) is 34.3 Å². The zero-order chi connectivity index (χ0) is 23.8. The Balaban J connectivity index is 1.86. The number of hydrogen-bond acceptors (Lipinski definition) is 4. The quantitative estimate of drug-likeness (QED) is 0.455. The van der Waals surface area contributed by atoms with Crippen molar-refractivity contribution in [1.29, 1.82) is 0 Å². The van der Waals surface area contributed by atoms with Crippen molar-refractivity contribution in [3.8, 4) is 0 Å². The van der Waals surface area contributed by atoms with Gasteiger partial charge in [-0.2, -0.15) is 0 Å². The molecular weight excluding hydrogens is 400 g/mol. The maximum absolute atomic E-state index is 13.8. The van der Waals surface area contributed by atoms with Crippen LogP contribution in [0.1, 0.15) is 86.0 Å². The number of ketones is 1. The fourth-order valence-corrected chi connectivity index (χ4v) is 7.31. The highest BCUT2D eigenvalue weighted by Gasteiger charge is 2.56. The molecule has 0 saturated heterocycles. The second-order valence-corrected chi connectivity index (χ2v) is 11.9. The smallest absolute Gasteiger partial charge is 0.165 e. The number of allylic oxidation sites excluding steroid dienone is 2. The summed E-state index contributed by atoms with van der Waals surface area (Å²) in [5.74, 6) is 1.47. The van der Waals surface area contributed by atoms with E-state index in [0.717, 1.165) is 31.3 Å². The molecule has 4 nitrogen and oxygen atoms in total. The Kier molecular flexibility index (Phi) is 7.79. The number of carbonyl (C=O) groups excluding carboxylic acids is 1. The molecule has 0 bridgehead atoms. The lowest BCUT2D eigenvalue weighted by molar-refractivity contribution is -0.138. The Morgan fingerprint density at radius 1 is 1.19 bits per heavy atom.